The molecule has 3 rings (SSSR count). The minimum atomic E-state index is -0.424. The van der Waals surface area contributed by atoms with E-state index in [1.54, 1.807) is 18.0 Å². The van der Waals surface area contributed by atoms with Crippen LogP contribution < -0.4 is 5.32 Å². The Kier molecular flexibility index (Phi) is 4.34. The number of nitrogens with one attached hydrogen (secondary N) is 1. The van der Waals surface area contributed by atoms with Crippen molar-refractivity contribution in [2.75, 3.05) is 12.4 Å². The van der Waals surface area contributed by atoms with E-state index in [1.807, 2.05) is 50.2 Å². The number of carbonyl (C=O) groups excluding carboxylic acids is 2. The third-order valence-corrected chi connectivity index (χ3v) is 4.48. The lowest BCUT2D eigenvalue weighted by molar-refractivity contribution is -0.127. The van der Waals surface area contributed by atoms with Gasteiger partial charge >= 0.3 is 0 Å². The third-order valence-electron chi connectivity index (χ3n) is 4.48. The number of hydrogen-bond acceptors (Lipinski definition) is 3. The van der Waals surface area contributed by atoms with E-state index in [0.29, 0.717) is 5.82 Å². The van der Waals surface area contributed by atoms with Gasteiger partial charge in [0.25, 0.3) is 0 Å². The maximum atomic E-state index is 12.7. The second-order valence-electron chi connectivity index (χ2n) is 6.32. The van der Waals surface area contributed by atoms with Crippen molar-refractivity contribution in [2.24, 2.45) is 5.92 Å². The first kappa shape index (κ1) is 16.2. The molecule has 0 radical (unpaired) electrons. The van der Waals surface area contributed by atoms with Gasteiger partial charge < -0.3 is 10.2 Å². The van der Waals surface area contributed by atoms with Crippen LogP contribution in [0.25, 0.3) is 0 Å². The van der Waals surface area contributed by atoms with Gasteiger partial charge in [0.15, 0.2) is 0 Å². The van der Waals surface area contributed by atoms with Crippen molar-refractivity contribution in [3.8, 4) is 0 Å². The van der Waals surface area contributed by atoms with Crippen LogP contribution in [-0.2, 0) is 9.59 Å². The molecule has 124 valence electrons. The number of nitrogens with zero attached hydrogens (tertiary/aromatic N) is 2. The molecular formula is C19H21N3O2. The standard InChI is InChI=1S/C19H21N3O2/c1-12-7-9-14(10-8-12)18-15(11-17(23)22(18)3)19(24)21-16-6-4-5-13(2)20-16/h4-10,15,18H,11H2,1-3H3,(H,20,21,24)/t15-,18-/m0/s1. The smallest absolute Gasteiger partial charge is 0.231 e. The molecule has 0 saturated carbocycles. The normalized spacial score (nSPS) is 20.3. The topological polar surface area (TPSA) is 62.3 Å². The zero-order valence-electron chi connectivity index (χ0n) is 14.1. The molecule has 1 aromatic heterocycles. The lowest BCUT2D eigenvalue weighted by atomic mass is 9.92. The predicted molar refractivity (Wildman–Crippen MR) is 92.4 cm³/mol. The highest BCUT2D eigenvalue weighted by Gasteiger charge is 2.42. The molecule has 1 aromatic carbocycles. The van der Waals surface area contributed by atoms with Crippen molar-refractivity contribution in [3.63, 3.8) is 0 Å². The number of carbonyl (C=O) groups is 2. The fraction of sp³-hybridized carbons (Fsp3) is 0.316. The summed E-state index contributed by atoms with van der Waals surface area (Å²) in [6.45, 7) is 3.89. The van der Waals surface area contributed by atoms with Gasteiger partial charge in [-0.25, -0.2) is 4.98 Å². The molecule has 0 aliphatic carbocycles. The van der Waals surface area contributed by atoms with Crippen LogP contribution in [0.15, 0.2) is 42.5 Å². The Morgan fingerprint density at radius 3 is 2.54 bits per heavy atom. The Bertz CT molecular complexity index is 770. The number of pyridine rings is 1. The summed E-state index contributed by atoms with van der Waals surface area (Å²) in [7, 11) is 1.76. The summed E-state index contributed by atoms with van der Waals surface area (Å²) >= 11 is 0. The summed E-state index contributed by atoms with van der Waals surface area (Å²) in [6, 6.07) is 13.2. The number of amides is 2. The van der Waals surface area contributed by atoms with Crippen LogP contribution in [0.1, 0.15) is 29.3 Å². The van der Waals surface area contributed by atoms with Gasteiger partial charge in [-0.05, 0) is 31.5 Å². The molecule has 1 N–H and O–H groups in total. The average Bonchev–Trinajstić information content (AvgIpc) is 2.84. The average molecular weight is 323 g/mol. The van der Waals surface area contributed by atoms with Crippen LogP contribution in [0, 0.1) is 19.8 Å². The molecule has 1 aliphatic heterocycles. The maximum Gasteiger partial charge on any atom is 0.231 e. The molecule has 0 unspecified atom stereocenters. The highest BCUT2D eigenvalue weighted by Crippen LogP contribution is 2.37. The van der Waals surface area contributed by atoms with Crippen LogP contribution in [-0.4, -0.2) is 28.7 Å². The summed E-state index contributed by atoms with van der Waals surface area (Å²) in [5.41, 5.74) is 2.96. The van der Waals surface area contributed by atoms with Gasteiger partial charge in [0.05, 0.1) is 12.0 Å². The Balaban J connectivity index is 1.85. The Morgan fingerprint density at radius 1 is 1.17 bits per heavy atom. The van der Waals surface area contributed by atoms with Crippen molar-refractivity contribution in [1.82, 2.24) is 9.88 Å². The van der Waals surface area contributed by atoms with E-state index < -0.39 is 5.92 Å². The number of benzene rings is 1. The van der Waals surface area contributed by atoms with E-state index in [4.69, 9.17) is 0 Å². The Hall–Kier alpha value is -2.69. The van der Waals surface area contributed by atoms with Gasteiger partial charge in [0.1, 0.15) is 5.82 Å². The van der Waals surface area contributed by atoms with Crippen LogP contribution in [0.3, 0.4) is 0 Å². The van der Waals surface area contributed by atoms with Gasteiger partial charge in [0, 0.05) is 19.2 Å². The van der Waals surface area contributed by atoms with Crippen LogP contribution >= 0.6 is 0 Å². The number of rotatable bonds is 3. The molecule has 1 saturated heterocycles. The van der Waals surface area contributed by atoms with Gasteiger partial charge in [-0.15, -0.1) is 0 Å². The van der Waals surface area contributed by atoms with Crippen molar-refractivity contribution >= 4 is 17.6 Å². The summed E-state index contributed by atoms with van der Waals surface area (Å²) < 4.78 is 0. The quantitative estimate of drug-likeness (QED) is 0.945. The number of aromatic nitrogens is 1. The summed E-state index contributed by atoms with van der Waals surface area (Å²) in [4.78, 5) is 30.9. The van der Waals surface area contributed by atoms with Gasteiger partial charge in [-0.3, -0.25) is 9.59 Å². The van der Waals surface area contributed by atoms with Crippen LogP contribution in [0.2, 0.25) is 0 Å². The Morgan fingerprint density at radius 2 is 1.88 bits per heavy atom. The number of aryl methyl sites for hydroxylation is 2. The largest absolute Gasteiger partial charge is 0.338 e. The zero-order chi connectivity index (χ0) is 17.3. The number of anilines is 1. The highest BCUT2D eigenvalue weighted by molar-refractivity contribution is 5.97. The second kappa shape index (κ2) is 6.43. The van der Waals surface area contributed by atoms with Gasteiger partial charge in [0.2, 0.25) is 11.8 Å². The minimum absolute atomic E-state index is 0.0158. The first-order valence-electron chi connectivity index (χ1n) is 8.02. The second-order valence-corrected chi connectivity index (χ2v) is 6.32. The van der Waals surface area contributed by atoms with Crippen molar-refractivity contribution in [3.05, 3.63) is 59.3 Å². The van der Waals surface area contributed by atoms with Crippen molar-refractivity contribution in [1.29, 1.82) is 0 Å². The van der Waals surface area contributed by atoms with E-state index in [0.717, 1.165) is 16.8 Å². The molecule has 1 aliphatic rings. The van der Waals surface area contributed by atoms with Gasteiger partial charge in [-0.2, -0.15) is 0 Å². The SMILES string of the molecule is Cc1ccc([C@H]2[C@@H](C(=O)Nc3cccc(C)n3)CC(=O)N2C)cc1. The van der Waals surface area contributed by atoms with Crippen molar-refractivity contribution < 1.29 is 9.59 Å². The third kappa shape index (κ3) is 3.15. The molecule has 2 aromatic rings. The molecule has 2 heterocycles. The van der Waals surface area contributed by atoms with E-state index in [2.05, 4.69) is 10.3 Å². The number of likely N-dealkylation sites (tertiary alicyclic amines) is 1. The molecule has 5 nitrogen and oxygen atoms in total. The molecule has 5 heteroatoms. The zero-order valence-corrected chi connectivity index (χ0v) is 14.1. The first-order chi connectivity index (χ1) is 11.5. The summed E-state index contributed by atoms with van der Waals surface area (Å²) in [6.07, 6.45) is 0.215. The van der Waals surface area contributed by atoms with Crippen LogP contribution in [0.5, 0.6) is 0 Å². The monoisotopic (exact) mass is 323 g/mol. The molecule has 24 heavy (non-hydrogen) atoms. The highest BCUT2D eigenvalue weighted by atomic mass is 16.2. The molecule has 0 spiro atoms. The maximum absolute atomic E-state index is 12.7. The Labute approximate surface area is 141 Å². The van der Waals surface area contributed by atoms with E-state index >= 15 is 0 Å². The van der Waals surface area contributed by atoms with Crippen molar-refractivity contribution in [2.45, 2.75) is 26.3 Å². The molecule has 2 atom stereocenters. The van der Waals surface area contributed by atoms with E-state index in [-0.39, 0.29) is 24.3 Å². The summed E-state index contributed by atoms with van der Waals surface area (Å²) in [5, 5.41) is 2.85. The first-order valence-corrected chi connectivity index (χ1v) is 8.02. The number of hydrogen-bond donors (Lipinski definition) is 1. The lowest BCUT2D eigenvalue weighted by Gasteiger charge is -2.25. The molecule has 2 amide bonds. The fourth-order valence-electron chi connectivity index (χ4n) is 3.16. The molecule has 0 bridgehead atoms. The van der Waals surface area contributed by atoms with E-state index in [9.17, 15) is 9.59 Å². The van der Waals surface area contributed by atoms with Gasteiger partial charge in [-0.1, -0.05) is 35.9 Å². The lowest BCUT2D eigenvalue weighted by Crippen LogP contribution is -2.30. The summed E-state index contributed by atoms with van der Waals surface area (Å²) in [5.74, 6) is -0.0912. The molecule has 1 fully saturated rings. The van der Waals surface area contributed by atoms with Crippen LogP contribution in [0.4, 0.5) is 5.82 Å². The fourth-order valence-corrected chi connectivity index (χ4v) is 3.16. The van der Waals surface area contributed by atoms with E-state index in [1.165, 1.54) is 0 Å². The predicted octanol–water partition coefficient (Wildman–Crippen LogP) is 2.86. The minimum Gasteiger partial charge on any atom is -0.338 e. The molecular weight excluding hydrogens is 302 g/mol.